The predicted octanol–water partition coefficient (Wildman–Crippen LogP) is 0.432. The zero-order chi connectivity index (χ0) is 15.3. The van der Waals surface area contributed by atoms with Gasteiger partial charge in [-0.2, -0.15) is 0 Å². The van der Waals surface area contributed by atoms with E-state index in [9.17, 15) is 14.4 Å². The fourth-order valence-corrected chi connectivity index (χ4v) is 2.21. The highest BCUT2D eigenvalue weighted by Gasteiger charge is 2.44. The molecule has 1 rings (SSSR count). The topological polar surface area (TPSA) is 88.1 Å². The number of hydrogen-bond donors (Lipinski definition) is 0. The van der Waals surface area contributed by atoms with E-state index in [0.717, 1.165) is 0 Å². The van der Waals surface area contributed by atoms with Gasteiger partial charge in [0, 0.05) is 5.92 Å². The Morgan fingerprint density at radius 3 is 2.15 bits per heavy atom. The molecule has 1 unspecified atom stereocenters. The molecule has 1 heterocycles. The Morgan fingerprint density at radius 2 is 1.75 bits per heavy atom. The molecule has 7 heteroatoms. The highest BCUT2D eigenvalue weighted by molar-refractivity contribution is 6.02. The molecule has 0 bridgehead atoms. The van der Waals surface area contributed by atoms with Crippen LogP contribution >= 0.6 is 0 Å². The highest BCUT2D eigenvalue weighted by Crippen LogP contribution is 2.33. The number of hydrogen-bond acceptors (Lipinski definition) is 7. The second kappa shape index (κ2) is 6.93. The van der Waals surface area contributed by atoms with Crippen molar-refractivity contribution in [2.45, 2.75) is 13.3 Å². The standard InChI is InChI=1S/C13H18O7/c1-5-7(9-8(14)6-20-13(9)19-4)10(11(15)17-2)12(16)18-3/h7,10H,5-6H2,1-4H3. The van der Waals surface area contributed by atoms with Crippen molar-refractivity contribution in [1.29, 1.82) is 0 Å². The van der Waals surface area contributed by atoms with Gasteiger partial charge in [0.25, 0.3) is 5.95 Å². The van der Waals surface area contributed by atoms with Crippen LogP contribution in [0, 0.1) is 11.8 Å². The summed E-state index contributed by atoms with van der Waals surface area (Å²) in [6.45, 7) is 1.58. The number of carbonyl (C=O) groups excluding carboxylic acids is 3. The molecule has 0 saturated heterocycles. The van der Waals surface area contributed by atoms with Gasteiger partial charge >= 0.3 is 11.9 Å². The molecular formula is C13H18O7. The van der Waals surface area contributed by atoms with Gasteiger partial charge in [-0.25, -0.2) is 0 Å². The van der Waals surface area contributed by atoms with E-state index in [-0.39, 0.29) is 23.9 Å². The van der Waals surface area contributed by atoms with E-state index in [1.807, 2.05) is 0 Å². The van der Waals surface area contributed by atoms with Crippen molar-refractivity contribution in [3.8, 4) is 0 Å². The Hall–Kier alpha value is -2.05. The summed E-state index contributed by atoms with van der Waals surface area (Å²) in [6, 6.07) is 0. The summed E-state index contributed by atoms with van der Waals surface area (Å²) in [5.74, 6) is -3.72. The van der Waals surface area contributed by atoms with Gasteiger partial charge in [-0.1, -0.05) is 6.92 Å². The fraction of sp³-hybridized carbons (Fsp3) is 0.615. The Morgan fingerprint density at radius 1 is 1.20 bits per heavy atom. The number of ketones is 1. The van der Waals surface area contributed by atoms with E-state index in [1.54, 1.807) is 6.92 Å². The third kappa shape index (κ3) is 2.92. The molecule has 0 spiro atoms. The quantitative estimate of drug-likeness (QED) is 0.517. The van der Waals surface area contributed by atoms with Crippen molar-refractivity contribution in [3.05, 3.63) is 11.5 Å². The molecule has 0 aromatic heterocycles. The minimum absolute atomic E-state index is 0.0413. The van der Waals surface area contributed by atoms with Gasteiger partial charge in [0.2, 0.25) is 5.78 Å². The van der Waals surface area contributed by atoms with Gasteiger partial charge in [-0.3, -0.25) is 14.4 Å². The van der Waals surface area contributed by atoms with Crippen molar-refractivity contribution in [3.63, 3.8) is 0 Å². The first-order chi connectivity index (χ1) is 9.51. The molecule has 0 aromatic carbocycles. The largest absolute Gasteiger partial charge is 0.468 e. The Kier molecular flexibility index (Phi) is 5.54. The van der Waals surface area contributed by atoms with Gasteiger partial charge in [-0.05, 0) is 6.42 Å². The van der Waals surface area contributed by atoms with E-state index in [0.29, 0.717) is 6.42 Å². The first-order valence-corrected chi connectivity index (χ1v) is 6.11. The number of methoxy groups -OCH3 is 3. The fourth-order valence-electron chi connectivity index (χ4n) is 2.21. The first-order valence-electron chi connectivity index (χ1n) is 6.11. The molecular weight excluding hydrogens is 268 g/mol. The molecule has 1 atom stereocenters. The van der Waals surface area contributed by atoms with E-state index in [1.165, 1.54) is 21.3 Å². The molecule has 1 aliphatic rings. The maximum absolute atomic E-state index is 11.9. The summed E-state index contributed by atoms with van der Waals surface area (Å²) in [5.41, 5.74) is 0.191. The number of carbonyl (C=O) groups is 3. The average Bonchev–Trinajstić information content (AvgIpc) is 2.84. The average molecular weight is 286 g/mol. The van der Waals surface area contributed by atoms with Crippen LogP contribution in [0.2, 0.25) is 0 Å². The molecule has 0 aromatic rings. The molecule has 7 nitrogen and oxygen atoms in total. The number of ether oxygens (including phenoxy) is 4. The summed E-state index contributed by atoms with van der Waals surface area (Å²) in [5, 5.41) is 0. The van der Waals surface area contributed by atoms with Crippen molar-refractivity contribution in [2.75, 3.05) is 27.9 Å². The smallest absolute Gasteiger partial charge is 0.320 e. The van der Waals surface area contributed by atoms with Crippen LogP contribution in [0.5, 0.6) is 0 Å². The zero-order valence-electron chi connectivity index (χ0n) is 11.9. The first kappa shape index (κ1) is 16.0. The predicted molar refractivity (Wildman–Crippen MR) is 66.3 cm³/mol. The lowest BCUT2D eigenvalue weighted by atomic mass is 9.82. The minimum atomic E-state index is -1.22. The molecule has 0 radical (unpaired) electrons. The van der Waals surface area contributed by atoms with Crippen molar-refractivity contribution in [2.24, 2.45) is 11.8 Å². The Bertz CT molecular complexity index is 422. The van der Waals surface area contributed by atoms with Crippen LogP contribution in [-0.4, -0.2) is 45.7 Å². The molecule has 1 aliphatic heterocycles. The van der Waals surface area contributed by atoms with Crippen LogP contribution in [0.25, 0.3) is 0 Å². The van der Waals surface area contributed by atoms with Crippen molar-refractivity contribution >= 4 is 17.7 Å². The Balaban J connectivity index is 3.23. The molecule has 0 aliphatic carbocycles. The van der Waals surface area contributed by atoms with Crippen LogP contribution in [-0.2, 0) is 33.3 Å². The number of rotatable bonds is 6. The van der Waals surface area contributed by atoms with Crippen LogP contribution in [0.4, 0.5) is 0 Å². The van der Waals surface area contributed by atoms with E-state index in [4.69, 9.17) is 9.47 Å². The van der Waals surface area contributed by atoms with Gasteiger partial charge < -0.3 is 18.9 Å². The van der Waals surface area contributed by atoms with Crippen molar-refractivity contribution < 1.29 is 33.3 Å². The third-order valence-electron chi connectivity index (χ3n) is 3.16. The Labute approximate surface area is 116 Å². The molecule has 20 heavy (non-hydrogen) atoms. The second-order valence-electron chi connectivity index (χ2n) is 4.16. The van der Waals surface area contributed by atoms with E-state index >= 15 is 0 Å². The maximum Gasteiger partial charge on any atom is 0.320 e. The SMILES string of the molecule is CCC(C1=C(OC)OCC1=O)C(C(=O)OC)C(=O)OC. The molecule has 0 amide bonds. The van der Waals surface area contributed by atoms with Gasteiger partial charge in [0.05, 0.1) is 26.9 Å². The van der Waals surface area contributed by atoms with Crippen molar-refractivity contribution in [1.82, 2.24) is 0 Å². The lowest BCUT2D eigenvalue weighted by Gasteiger charge is -2.22. The van der Waals surface area contributed by atoms with E-state index < -0.39 is 23.8 Å². The molecule has 0 fully saturated rings. The monoisotopic (exact) mass is 286 g/mol. The summed E-state index contributed by atoms with van der Waals surface area (Å²) in [6.07, 6.45) is 0.353. The van der Waals surface area contributed by atoms with Crippen LogP contribution in [0.3, 0.4) is 0 Å². The van der Waals surface area contributed by atoms with Gasteiger partial charge in [0.1, 0.15) is 0 Å². The second-order valence-corrected chi connectivity index (χ2v) is 4.16. The zero-order valence-corrected chi connectivity index (χ0v) is 11.9. The third-order valence-corrected chi connectivity index (χ3v) is 3.16. The van der Waals surface area contributed by atoms with Crippen LogP contribution in [0.15, 0.2) is 11.5 Å². The lowest BCUT2D eigenvalue weighted by molar-refractivity contribution is -0.161. The van der Waals surface area contributed by atoms with Crippen LogP contribution < -0.4 is 0 Å². The van der Waals surface area contributed by atoms with Crippen LogP contribution in [0.1, 0.15) is 13.3 Å². The summed E-state index contributed by atoms with van der Waals surface area (Å²) < 4.78 is 19.3. The summed E-state index contributed by atoms with van der Waals surface area (Å²) in [4.78, 5) is 35.6. The lowest BCUT2D eigenvalue weighted by Crippen LogP contribution is -2.35. The molecule has 0 N–H and O–H groups in total. The normalized spacial score (nSPS) is 15.9. The molecule has 112 valence electrons. The number of Topliss-reactive ketones (excluding diaryl/α,β-unsaturated/α-hetero) is 1. The van der Waals surface area contributed by atoms with E-state index in [2.05, 4.69) is 9.47 Å². The van der Waals surface area contributed by atoms with Gasteiger partial charge in [-0.15, -0.1) is 0 Å². The minimum Gasteiger partial charge on any atom is -0.468 e. The number of esters is 2. The maximum atomic E-state index is 11.9. The molecule has 0 saturated carbocycles. The summed E-state index contributed by atoms with van der Waals surface area (Å²) in [7, 11) is 3.69. The van der Waals surface area contributed by atoms with Gasteiger partial charge in [0.15, 0.2) is 12.5 Å². The highest BCUT2D eigenvalue weighted by atomic mass is 16.7. The summed E-state index contributed by atoms with van der Waals surface area (Å²) >= 11 is 0.